The quantitative estimate of drug-likeness (QED) is 0.410. The maximum Gasteiger partial charge on any atom is 0.256 e. The molecule has 3 aliphatic heterocycles. The van der Waals surface area contributed by atoms with Crippen LogP contribution in [0.5, 0.6) is 0 Å². The number of aliphatic hydroxyl groups excluding tert-OH is 1. The average Bonchev–Trinajstić information content (AvgIpc) is 3.45. The number of aliphatic hydroxyl groups is 1. The molecule has 0 unspecified atom stereocenters. The van der Waals surface area contributed by atoms with Gasteiger partial charge in [0.25, 0.3) is 5.91 Å². The van der Waals surface area contributed by atoms with Gasteiger partial charge in [0, 0.05) is 32.5 Å². The van der Waals surface area contributed by atoms with Crippen molar-refractivity contribution < 1.29 is 19.4 Å². The molecule has 10 nitrogen and oxygen atoms in total. The summed E-state index contributed by atoms with van der Waals surface area (Å²) in [6.45, 7) is 5.70. The fourth-order valence-corrected chi connectivity index (χ4v) is 5.44. The normalized spacial score (nSPS) is 19.6. The molecule has 6 rings (SSSR count). The van der Waals surface area contributed by atoms with E-state index in [0.29, 0.717) is 42.9 Å². The number of fused-ring (bicyclic) bond motifs is 1. The maximum atomic E-state index is 12.6. The number of benzene rings is 1. The van der Waals surface area contributed by atoms with Crippen molar-refractivity contribution in [1.29, 1.82) is 0 Å². The molecular formula is C30H34N6O4. The van der Waals surface area contributed by atoms with Gasteiger partial charge in [-0.3, -0.25) is 4.79 Å². The van der Waals surface area contributed by atoms with Crippen LogP contribution in [0, 0.1) is 0 Å². The Labute approximate surface area is 233 Å². The van der Waals surface area contributed by atoms with Crippen LogP contribution in [0.1, 0.15) is 59.9 Å². The van der Waals surface area contributed by atoms with Crippen molar-refractivity contribution in [3.05, 3.63) is 77.1 Å². The number of anilines is 3. The summed E-state index contributed by atoms with van der Waals surface area (Å²) in [5.74, 6) is 1.63. The maximum absolute atomic E-state index is 12.6. The van der Waals surface area contributed by atoms with Crippen LogP contribution in [0.4, 0.5) is 17.3 Å². The number of aromatic nitrogens is 2. The number of aliphatic imine (C=N–C) groups is 1. The molecule has 40 heavy (non-hydrogen) atoms. The van der Waals surface area contributed by atoms with Gasteiger partial charge in [0.1, 0.15) is 23.8 Å². The molecule has 0 bridgehead atoms. The Morgan fingerprint density at radius 2 is 1.85 bits per heavy atom. The summed E-state index contributed by atoms with van der Waals surface area (Å²) in [5, 5.41) is 17.1. The third kappa shape index (κ3) is 4.67. The van der Waals surface area contributed by atoms with E-state index >= 15 is 0 Å². The molecule has 5 heterocycles. The topological polar surface area (TPSA) is 121 Å². The van der Waals surface area contributed by atoms with Crippen LogP contribution in [0.15, 0.2) is 59.7 Å². The van der Waals surface area contributed by atoms with Gasteiger partial charge in [0.05, 0.1) is 40.7 Å². The van der Waals surface area contributed by atoms with Gasteiger partial charge in [-0.2, -0.15) is 0 Å². The lowest BCUT2D eigenvalue weighted by Gasteiger charge is -2.28. The van der Waals surface area contributed by atoms with Gasteiger partial charge < -0.3 is 30.1 Å². The zero-order valence-electron chi connectivity index (χ0n) is 23.0. The Kier molecular flexibility index (Phi) is 6.67. The Balaban J connectivity index is 1.34. The van der Waals surface area contributed by atoms with Gasteiger partial charge in [-0.15, -0.1) is 0 Å². The third-order valence-electron chi connectivity index (χ3n) is 8.19. The number of nitrogens with one attached hydrogen (secondary N) is 2. The van der Waals surface area contributed by atoms with E-state index in [9.17, 15) is 9.90 Å². The molecule has 3 N–H and O–H groups in total. The zero-order valence-corrected chi connectivity index (χ0v) is 23.0. The molecule has 1 fully saturated rings. The lowest BCUT2D eigenvalue weighted by molar-refractivity contribution is 0.0442. The number of ether oxygens (including phenoxy) is 2. The van der Waals surface area contributed by atoms with Crippen LogP contribution in [0.25, 0.3) is 0 Å². The summed E-state index contributed by atoms with van der Waals surface area (Å²) in [5.41, 5.74) is 2.93. The third-order valence-corrected chi connectivity index (χ3v) is 8.19. The smallest absolute Gasteiger partial charge is 0.256 e. The van der Waals surface area contributed by atoms with E-state index in [0.717, 1.165) is 35.3 Å². The molecular weight excluding hydrogens is 508 g/mol. The van der Waals surface area contributed by atoms with Crippen molar-refractivity contribution in [3.8, 4) is 0 Å². The second-order valence-electron chi connectivity index (χ2n) is 11.1. The van der Waals surface area contributed by atoms with Crippen molar-refractivity contribution in [2.45, 2.75) is 43.8 Å². The first-order chi connectivity index (χ1) is 19.3. The number of nitrogens with zero attached hydrogens (tertiary/aromatic N) is 4. The van der Waals surface area contributed by atoms with Crippen LogP contribution >= 0.6 is 0 Å². The SMILES string of the molecule is CN1C(=O)c2ccc(Nc3cc(N[C@H](CO)c4ccccc4)c(C4=NC5(CCOCC5)CO4)cn3)nc2C1(C)C. The van der Waals surface area contributed by atoms with Crippen LogP contribution in [0.3, 0.4) is 0 Å². The molecule has 208 valence electrons. The van der Waals surface area contributed by atoms with E-state index in [2.05, 4.69) is 15.6 Å². The largest absolute Gasteiger partial charge is 0.475 e. The van der Waals surface area contributed by atoms with E-state index in [1.165, 1.54) is 0 Å². The molecule has 3 aliphatic rings. The number of hydrogen-bond donors (Lipinski definition) is 3. The van der Waals surface area contributed by atoms with Crippen LogP contribution in [-0.4, -0.2) is 70.8 Å². The summed E-state index contributed by atoms with van der Waals surface area (Å²) in [4.78, 5) is 28.8. The molecule has 0 saturated carbocycles. The lowest BCUT2D eigenvalue weighted by atomic mass is 9.92. The predicted molar refractivity (Wildman–Crippen MR) is 152 cm³/mol. The van der Waals surface area contributed by atoms with Gasteiger partial charge in [-0.1, -0.05) is 30.3 Å². The van der Waals surface area contributed by atoms with E-state index in [-0.39, 0.29) is 24.1 Å². The molecule has 10 heteroatoms. The minimum atomic E-state index is -0.518. The summed E-state index contributed by atoms with van der Waals surface area (Å²) >= 11 is 0. The number of carbonyl (C=O) groups excluding carboxylic acids is 1. The summed E-state index contributed by atoms with van der Waals surface area (Å²) < 4.78 is 11.7. The lowest BCUT2D eigenvalue weighted by Crippen LogP contribution is -2.35. The molecule has 1 aromatic carbocycles. The Hall–Kier alpha value is -4.02. The highest BCUT2D eigenvalue weighted by atomic mass is 16.5. The van der Waals surface area contributed by atoms with Gasteiger partial charge in [0.2, 0.25) is 5.90 Å². The molecule has 1 saturated heterocycles. The van der Waals surface area contributed by atoms with E-state index < -0.39 is 5.54 Å². The number of rotatable bonds is 7. The summed E-state index contributed by atoms with van der Waals surface area (Å²) in [6.07, 6.45) is 3.36. The van der Waals surface area contributed by atoms with Crippen molar-refractivity contribution in [2.75, 3.05) is 44.1 Å². The van der Waals surface area contributed by atoms with Gasteiger partial charge in [0.15, 0.2) is 0 Å². The Morgan fingerprint density at radius 1 is 1.07 bits per heavy atom. The first kappa shape index (κ1) is 26.2. The average molecular weight is 543 g/mol. The molecule has 1 spiro atoms. The molecule has 0 radical (unpaired) electrons. The van der Waals surface area contributed by atoms with Crippen molar-refractivity contribution in [3.63, 3.8) is 0 Å². The molecule has 1 atom stereocenters. The highest BCUT2D eigenvalue weighted by molar-refractivity contribution is 6.01. The highest BCUT2D eigenvalue weighted by Gasteiger charge is 2.42. The predicted octanol–water partition coefficient (Wildman–Crippen LogP) is 4.01. The van der Waals surface area contributed by atoms with Gasteiger partial charge in [-0.05, 0) is 44.4 Å². The van der Waals surface area contributed by atoms with E-state index in [4.69, 9.17) is 19.5 Å². The molecule has 3 aromatic rings. The van der Waals surface area contributed by atoms with Crippen molar-refractivity contribution >= 4 is 29.1 Å². The first-order valence-corrected chi connectivity index (χ1v) is 13.6. The fourth-order valence-electron chi connectivity index (χ4n) is 5.44. The van der Waals surface area contributed by atoms with Gasteiger partial charge >= 0.3 is 0 Å². The second-order valence-corrected chi connectivity index (χ2v) is 11.1. The summed E-state index contributed by atoms with van der Waals surface area (Å²) in [7, 11) is 1.79. The van der Waals surface area contributed by atoms with Crippen LogP contribution in [0.2, 0.25) is 0 Å². The highest BCUT2D eigenvalue weighted by Crippen LogP contribution is 2.38. The van der Waals surface area contributed by atoms with Gasteiger partial charge in [-0.25, -0.2) is 15.0 Å². The zero-order chi connectivity index (χ0) is 27.9. The second kappa shape index (κ2) is 10.2. The fraction of sp³-hybridized carbons (Fsp3) is 0.400. The molecule has 1 amide bonds. The summed E-state index contributed by atoms with van der Waals surface area (Å²) in [6, 6.07) is 14.9. The first-order valence-electron chi connectivity index (χ1n) is 13.6. The number of hydrogen-bond acceptors (Lipinski definition) is 9. The van der Waals surface area contributed by atoms with Crippen LogP contribution < -0.4 is 10.6 Å². The number of pyridine rings is 2. The van der Waals surface area contributed by atoms with E-state index in [1.807, 2.05) is 50.2 Å². The minimum absolute atomic E-state index is 0.0383. The number of amides is 1. The van der Waals surface area contributed by atoms with Crippen molar-refractivity contribution in [1.82, 2.24) is 14.9 Å². The van der Waals surface area contributed by atoms with Crippen molar-refractivity contribution in [2.24, 2.45) is 4.99 Å². The van der Waals surface area contributed by atoms with Crippen LogP contribution in [-0.2, 0) is 15.0 Å². The minimum Gasteiger partial charge on any atom is -0.475 e. The molecule has 2 aromatic heterocycles. The Bertz CT molecular complexity index is 1450. The monoisotopic (exact) mass is 542 g/mol. The Morgan fingerprint density at radius 3 is 2.60 bits per heavy atom. The van der Waals surface area contributed by atoms with E-state index in [1.54, 1.807) is 30.3 Å². The standard InChI is InChI=1S/C30H34N6O4/c1-29(2)26-20(28(38)36(29)3)9-10-24(34-26)33-25-15-22(32-23(17-37)19-7-5-4-6-8-19)21(16-31-25)27-35-30(18-40-27)11-13-39-14-12-30/h4-10,15-16,23,37H,11-14,17-18H2,1-3H3,(H2,31,32,33,34)/t23-/m1/s1. The number of carbonyl (C=O) groups is 1. The molecule has 0 aliphatic carbocycles.